The maximum absolute atomic E-state index is 11.5. The van der Waals surface area contributed by atoms with Gasteiger partial charge in [0.15, 0.2) is 0 Å². The molecule has 0 spiro atoms. The highest BCUT2D eigenvalue weighted by molar-refractivity contribution is 9.10. The van der Waals surface area contributed by atoms with Gasteiger partial charge in [0, 0.05) is 11.2 Å². The lowest BCUT2D eigenvalue weighted by molar-refractivity contribution is 1.08. The third kappa shape index (κ3) is 1.49. The predicted octanol–water partition coefficient (Wildman–Crippen LogP) is 2.72. The van der Waals surface area contributed by atoms with Crippen molar-refractivity contribution in [1.29, 1.82) is 0 Å². The van der Waals surface area contributed by atoms with E-state index in [-0.39, 0.29) is 5.56 Å². The lowest BCUT2D eigenvalue weighted by Crippen LogP contribution is -2.12. The molecule has 0 fully saturated rings. The zero-order chi connectivity index (χ0) is 9.42. The molecule has 2 heterocycles. The molecular formula is C9H5BrClNO. The molecule has 0 aromatic carbocycles. The average Bonchev–Trinajstić information content (AvgIpc) is 2.12. The molecule has 0 radical (unpaired) electrons. The third-order valence-electron chi connectivity index (χ3n) is 1.77. The van der Waals surface area contributed by atoms with Crippen LogP contribution in [0.1, 0.15) is 0 Å². The monoisotopic (exact) mass is 257 g/mol. The van der Waals surface area contributed by atoms with Crippen LogP contribution in [-0.4, -0.2) is 4.40 Å². The van der Waals surface area contributed by atoms with Crippen LogP contribution < -0.4 is 5.56 Å². The Morgan fingerprint density at radius 3 is 2.85 bits per heavy atom. The minimum Gasteiger partial charge on any atom is -0.283 e. The average molecular weight is 259 g/mol. The number of rotatable bonds is 0. The Kier molecular flexibility index (Phi) is 2.14. The molecule has 0 amide bonds. The van der Waals surface area contributed by atoms with Gasteiger partial charge in [0.1, 0.15) is 0 Å². The summed E-state index contributed by atoms with van der Waals surface area (Å²) in [6.45, 7) is 0. The van der Waals surface area contributed by atoms with Crippen molar-refractivity contribution in [3.63, 3.8) is 0 Å². The van der Waals surface area contributed by atoms with E-state index in [1.165, 1.54) is 4.40 Å². The number of aromatic nitrogens is 1. The summed E-state index contributed by atoms with van der Waals surface area (Å²) in [6, 6.07) is 6.98. The Balaban J connectivity index is 2.95. The van der Waals surface area contributed by atoms with E-state index in [0.717, 1.165) is 5.52 Å². The van der Waals surface area contributed by atoms with Gasteiger partial charge in [-0.05, 0) is 40.2 Å². The number of hydrogen-bond donors (Lipinski definition) is 0. The summed E-state index contributed by atoms with van der Waals surface area (Å²) >= 11 is 8.95. The molecule has 0 aliphatic heterocycles. The molecule has 0 saturated carbocycles. The van der Waals surface area contributed by atoms with Gasteiger partial charge in [-0.15, -0.1) is 0 Å². The number of hydrogen-bond acceptors (Lipinski definition) is 1. The van der Waals surface area contributed by atoms with Crippen LogP contribution >= 0.6 is 27.5 Å². The van der Waals surface area contributed by atoms with Gasteiger partial charge in [-0.25, -0.2) is 0 Å². The molecule has 4 heteroatoms. The van der Waals surface area contributed by atoms with Crippen LogP contribution in [0.5, 0.6) is 0 Å². The van der Waals surface area contributed by atoms with E-state index in [1.807, 2.05) is 6.07 Å². The van der Waals surface area contributed by atoms with Crippen molar-refractivity contribution in [3.8, 4) is 0 Å². The van der Waals surface area contributed by atoms with Crippen molar-refractivity contribution in [2.24, 2.45) is 0 Å². The molecule has 0 aliphatic rings. The van der Waals surface area contributed by atoms with Crippen LogP contribution in [0.25, 0.3) is 5.52 Å². The molecule has 2 nitrogen and oxygen atoms in total. The van der Waals surface area contributed by atoms with Gasteiger partial charge < -0.3 is 0 Å². The van der Waals surface area contributed by atoms with Crippen molar-refractivity contribution in [2.45, 2.75) is 0 Å². The molecule has 2 aromatic rings. The second-order valence-corrected chi connectivity index (χ2v) is 3.92. The first-order valence-electron chi connectivity index (χ1n) is 3.65. The molecule has 13 heavy (non-hydrogen) atoms. The van der Waals surface area contributed by atoms with Crippen LogP contribution in [0.15, 0.2) is 39.7 Å². The smallest absolute Gasteiger partial charge is 0.269 e. The largest absolute Gasteiger partial charge is 0.283 e. The first-order valence-corrected chi connectivity index (χ1v) is 4.82. The summed E-state index contributed by atoms with van der Waals surface area (Å²) in [5.41, 5.74) is 0.717. The molecule has 66 valence electrons. The van der Waals surface area contributed by atoms with Crippen molar-refractivity contribution in [3.05, 3.63) is 50.3 Å². The molecule has 0 unspecified atom stereocenters. The van der Waals surface area contributed by atoms with Gasteiger partial charge in [-0.3, -0.25) is 9.20 Å². The van der Waals surface area contributed by atoms with Crippen LogP contribution in [0.2, 0.25) is 5.02 Å². The van der Waals surface area contributed by atoms with E-state index in [0.29, 0.717) is 9.50 Å². The summed E-state index contributed by atoms with van der Waals surface area (Å²) in [5, 5.41) is 0.627. The van der Waals surface area contributed by atoms with Crippen LogP contribution in [0, 0.1) is 0 Å². The summed E-state index contributed by atoms with van der Waals surface area (Å²) in [5.74, 6) is 0. The number of fused-ring (bicyclic) bond motifs is 1. The van der Waals surface area contributed by atoms with E-state index in [4.69, 9.17) is 11.6 Å². The van der Waals surface area contributed by atoms with Crippen LogP contribution in [0.4, 0.5) is 0 Å². The van der Waals surface area contributed by atoms with E-state index >= 15 is 0 Å². The molecular weight excluding hydrogens is 253 g/mol. The highest BCUT2D eigenvalue weighted by Crippen LogP contribution is 2.12. The molecule has 0 N–H and O–H groups in total. The molecule has 0 saturated heterocycles. The maximum Gasteiger partial charge on any atom is 0.269 e. The lowest BCUT2D eigenvalue weighted by Gasteiger charge is -2.00. The van der Waals surface area contributed by atoms with Crippen LogP contribution in [0.3, 0.4) is 0 Å². The van der Waals surface area contributed by atoms with Gasteiger partial charge in [0.2, 0.25) is 0 Å². The Labute approximate surface area is 87.9 Å². The predicted molar refractivity (Wildman–Crippen MR) is 56.4 cm³/mol. The van der Waals surface area contributed by atoms with Crippen molar-refractivity contribution >= 4 is 33.0 Å². The Hall–Kier alpha value is -0.800. The molecule has 0 aliphatic carbocycles. The van der Waals surface area contributed by atoms with E-state index in [1.54, 1.807) is 24.4 Å². The van der Waals surface area contributed by atoms with E-state index < -0.39 is 0 Å². The van der Waals surface area contributed by atoms with Crippen molar-refractivity contribution in [2.75, 3.05) is 0 Å². The Morgan fingerprint density at radius 1 is 1.31 bits per heavy atom. The number of nitrogens with zero attached hydrogens (tertiary/aromatic N) is 1. The first-order chi connectivity index (χ1) is 6.18. The number of halogens is 2. The third-order valence-corrected chi connectivity index (χ3v) is 2.61. The van der Waals surface area contributed by atoms with Gasteiger partial charge in [0.25, 0.3) is 5.56 Å². The molecule has 2 aromatic heterocycles. The van der Waals surface area contributed by atoms with E-state index in [2.05, 4.69) is 15.9 Å². The first kappa shape index (κ1) is 8.78. The van der Waals surface area contributed by atoms with Gasteiger partial charge in [-0.1, -0.05) is 11.6 Å². The summed E-state index contributed by atoms with van der Waals surface area (Å²) in [7, 11) is 0. The normalized spacial score (nSPS) is 10.6. The fourth-order valence-corrected chi connectivity index (χ4v) is 1.64. The lowest BCUT2D eigenvalue weighted by atomic mass is 10.3. The van der Waals surface area contributed by atoms with Gasteiger partial charge in [-0.2, -0.15) is 0 Å². The standard InChI is InChI=1S/C9H5BrClNO/c10-8-2-1-7-5-6(11)3-4-12(7)9(8)13/h1-5H. The zero-order valence-electron chi connectivity index (χ0n) is 6.50. The second kappa shape index (κ2) is 3.16. The summed E-state index contributed by atoms with van der Waals surface area (Å²) in [4.78, 5) is 11.5. The molecule has 0 atom stereocenters. The summed E-state index contributed by atoms with van der Waals surface area (Å²) in [6.07, 6.45) is 1.66. The Bertz CT molecular complexity index is 520. The van der Waals surface area contributed by atoms with Crippen LogP contribution in [-0.2, 0) is 0 Å². The molecule has 0 bridgehead atoms. The topological polar surface area (TPSA) is 21.5 Å². The fraction of sp³-hybridized carbons (Fsp3) is 0. The zero-order valence-corrected chi connectivity index (χ0v) is 8.84. The Morgan fingerprint density at radius 2 is 2.08 bits per heavy atom. The minimum atomic E-state index is -0.0748. The SMILES string of the molecule is O=c1c(Br)ccc2cc(Cl)ccn12. The quantitative estimate of drug-likeness (QED) is 0.712. The number of pyridine rings is 2. The van der Waals surface area contributed by atoms with Gasteiger partial charge in [0.05, 0.1) is 9.99 Å². The van der Waals surface area contributed by atoms with Gasteiger partial charge >= 0.3 is 0 Å². The maximum atomic E-state index is 11.5. The second-order valence-electron chi connectivity index (χ2n) is 2.63. The highest BCUT2D eigenvalue weighted by atomic mass is 79.9. The minimum absolute atomic E-state index is 0.0748. The summed E-state index contributed by atoms with van der Waals surface area (Å²) < 4.78 is 2.09. The molecule has 2 rings (SSSR count). The fourth-order valence-electron chi connectivity index (χ4n) is 1.15. The van der Waals surface area contributed by atoms with Crippen molar-refractivity contribution < 1.29 is 0 Å². The van der Waals surface area contributed by atoms with E-state index in [9.17, 15) is 4.79 Å². The van der Waals surface area contributed by atoms with Crippen molar-refractivity contribution in [1.82, 2.24) is 4.40 Å². The highest BCUT2D eigenvalue weighted by Gasteiger charge is 1.99.